The lowest BCUT2D eigenvalue weighted by Gasteiger charge is -2.34. The van der Waals surface area contributed by atoms with E-state index >= 15 is 0 Å². The molecule has 1 heterocycles. The molecule has 2 amide bonds. The van der Waals surface area contributed by atoms with Crippen molar-refractivity contribution in [2.24, 2.45) is 5.73 Å². The Kier molecular flexibility index (Phi) is 5.95. The highest BCUT2D eigenvalue weighted by Crippen LogP contribution is 2.15. The van der Waals surface area contributed by atoms with Gasteiger partial charge in [-0.25, -0.2) is 0 Å². The van der Waals surface area contributed by atoms with Crippen molar-refractivity contribution in [3.63, 3.8) is 0 Å². The molecule has 1 atom stereocenters. The molecule has 7 nitrogen and oxygen atoms in total. The second-order valence-corrected chi connectivity index (χ2v) is 5.64. The van der Waals surface area contributed by atoms with E-state index in [1.807, 2.05) is 0 Å². The fourth-order valence-electron chi connectivity index (χ4n) is 2.61. The van der Waals surface area contributed by atoms with Crippen LogP contribution in [0.1, 0.15) is 10.4 Å². The van der Waals surface area contributed by atoms with E-state index in [-0.39, 0.29) is 24.5 Å². The molecule has 0 radical (unpaired) electrons. The number of methoxy groups -OCH3 is 1. The zero-order valence-electron chi connectivity index (χ0n) is 13.5. The molecule has 1 aromatic rings. The van der Waals surface area contributed by atoms with Crippen LogP contribution in [-0.4, -0.2) is 74.7 Å². The van der Waals surface area contributed by atoms with E-state index in [1.54, 1.807) is 48.2 Å². The predicted molar refractivity (Wildman–Crippen MR) is 85.3 cm³/mol. The molecule has 1 fully saturated rings. The second-order valence-electron chi connectivity index (χ2n) is 5.64. The van der Waals surface area contributed by atoms with Crippen LogP contribution >= 0.6 is 0 Å². The van der Waals surface area contributed by atoms with Gasteiger partial charge in [-0.05, 0) is 31.3 Å². The summed E-state index contributed by atoms with van der Waals surface area (Å²) in [5.41, 5.74) is 5.80. The zero-order valence-corrected chi connectivity index (χ0v) is 13.5. The minimum Gasteiger partial charge on any atom is -0.497 e. The van der Waals surface area contributed by atoms with Crippen LogP contribution in [0.15, 0.2) is 24.3 Å². The highest BCUT2D eigenvalue weighted by molar-refractivity contribution is 5.94. The Morgan fingerprint density at radius 2 is 2.09 bits per heavy atom. The van der Waals surface area contributed by atoms with Crippen LogP contribution in [0.3, 0.4) is 0 Å². The van der Waals surface area contributed by atoms with Crippen molar-refractivity contribution in [2.75, 3.05) is 46.9 Å². The minimum atomic E-state index is -0.380. The van der Waals surface area contributed by atoms with E-state index in [0.717, 1.165) is 5.75 Å². The Morgan fingerprint density at radius 1 is 1.39 bits per heavy atom. The molecule has 0 aromatic heterocycles. The van der Waals surface area contributed by atoms with Crippen LogP contribution in [0.25, 0.3) is 0 Å². The molecule has 126 valence electrons. The van der Waals surface area contributed by atoms with Gasteiger partial charge in [-0.3, -0.25) is 14.5 Å². The molecule has 0 saturated carbocycles. The lowest BCUT2D eigenvalue weighted by atomic mass is 10.1. The summed E-state index contributed by atoms with van der Waals surface area (Å²) in [4.78, 5) is 27.0. The van der Waals surface area contributed by atoms with Crippen LogP contribution in [0.4, 0.5) is 0 Å². The number of morpholine rings is 1. The average Bonchev–Trinajstić information content (AvgIpc) is 2.53. The first-order valence-electron chi connectivity index (χ1n) is 7.51. The molecule has 1 aliphatic heterocycles. The fourth-order valence-corrected chi connectivity index (χ4v) is 2.61. The SMILES string of the molecule is COc1ccc(C(=O)N2CCO[C@@H](CN(C)CC(N)=O)C2)cc1. The summed E-state index contributed by atoms with van der Waals surface area (Å²) in [6, 6.07) is 7.05. The maximum Gasteiger partial charge on any atom is 0.254 e. The van der Waals surface area contributed by atoms with Crippen LogP contribution < -0.4 is 10.5 Å². The Labute approximate surface area is 135 Å². The molecule has 0 bridgehead atoms. The highest BCUT2D eigenvalue weighted by Gasteiger charge is 2.26. The Morgan fingerprint density at radius 3 is 2.70 bits per heavy atom. The maximum absolute atomic E-state index is 12.6. The number of hydrogen-bond donors (Lipinski definition) is 1. The lowest BCUT2D eigenvalue weighted by Crippen LogP contribution is -2.49. The normalized spacial score (nSPS) is 18.0. The van der Waals surface area contributed by atoms with E-state index in [0.29, 0.717) is 31.8 Å². The number of amides is 2. The predicted octanol–water partition coefficient (Wildman–Crippen LogP) is -0.0467. The van der Waals surface area contributed by atoms with Gasteiger partial charge in [0.1, 0.15) is 5.75 Å². The van der Waals surface area contributed by atoms with Crippen LogP contribution in [0, 0.1) is 0 Å². The number of hydrogen-bond acceptors (Lipinski definition) is 5. The van der Waals surface area contributed by atoms with E-state index in [2.05, 4.69) is 0 Å². The number of primary amides is 1. The number of nitrogens with two attached hydrogens (primary N) is 1. The first-order valence-corrected chi connectivity index (χ1v) is 7.51. The number of rotatable bonds is 6. The molecule has 0 aliphatic carbocycles. The molecule has 0 unspecified atom stereocenters. The van der Waals surface area contributed by atoms with Crippen LogP contribution in [0.2, 0.25) is 0 Å². The van der Waals surface area contributed by atoms with Crippen LogP contribution in [-0.2, 0) is 9.53 Å². The molecule has 0 spiro atoms. The molecule has 23 heavy (non-hydrogen) atoms. The standard InChI is InChI=1S/C16H23N3O4/c1-18(11-15(17)20)9-14-10-19(7-8-23-14)16(21)12-3-5-13(22-2)6-4-12/h3-6,14H,7-11H2,1-2H3,(H2,17,20)/t14-/m0/s1. The molecule has 1 aromatic carbocycles. The van der Waals surface area contributed by atoms with Crippen molar-refractivity contribution < 1.29 is 19.1 Å². The smallest absolute Gasteiger partial charge is 0.254 e. The van der Waals surface area contributed by atoms with E-state index in [4.69, 9.17) is 15.2 Å². The van der Waals surface area contributed by atoms with Gasteiger partial charge in [-0.2, -0.15) is 0 Å². The van der Waals surface area contributed by atoms with Crippen molar-refractivity contribution in [1.82, 2.24) is 9.80 Å². The number of carbonyl (C=O) groups is 2. The number of nitrogens with zero attached hydrogens (tertiary/aromatic N) is 2. The van der Waals surface area contributed by atoms with Gasteiger partial charge in [0.05, 0.1) is 26.4 Å². The van der Waals surface area contributed by atoms with Crippen molar-refractivity contribution in [3.05, 3.63) is 29.8 Å². The van der Waals surface area contributed by atoms with Gasteiger partial charge in [0.25, 0.3) is 5.91 Å². The molecule has 7 heteroatoms. The van der Waals surface area contributed by atoms with E-state index in [1.165, 1.54) is 0 Å². The lowest BCUT2D eigenvalue weighted by molar-refractivity contribution is -0.119. The Hall–Kier alpha value is -2.12. The maximum atomic E-state index is 12.6. The number of benzene rings is 1. The van der Waals surface area contributed by atoms with E-state index < -0.39 is 0 Å². The summed E-state index contributed by atoms with van der Waals surface area (Å²) in [6.45, 7) is 2.26. The van der Waals surface area contributed by atoms with Crippen LogP contribution in [0.5, 0.6) is 5.75 Å². The van der Waals surface area contributed by atoms with E-state index in [9.17, 15) is 9.59 Å². The Bertz CT molecular complexity index is 547. The quantitative estimate of drug-likeness (QED) is 0.794. The molecule has 1 saturated heterocycles. The third kappa shape index (κ3) is 4.94. The second kappa shape index (κ2) is 7.94. The summed E-state index contributed by atoms with van der Waals surface area (Å²) >= 11 is 0. The summed E-state index contributed by atoms with van der Waals surface area (Å²) < 4.78 is 10.8. The number of ether oxygens (including phenoxy) is 2. The minimum absolute atomic E-state index is 0.0292. The third-order valence-electron chi connectivity index (χ3n) is 3.70. The fraction of sp³-hybridized carbons (Fsp3) is 0.500. The van der Waals surface area contributed by atoms with Gasteiger partial charge >= 0.3 is 0 Å². The zero-order chi connectivity index (χ0) is 16.8. The average molecular weight is 321 g/mol. The summed E-state index contributed by atoms with van der Waals surface area (Å²) in [7, 11) is 3.39. The van der Waals surface area contributed by atoms with Gasteiger partial charge in [0.2, 0.25) is 5.91 Å². The number of carbonyl (C=O) groups excluding carboxylic acids is 2. The number of likely N-dealkylation sites (N-methyl/N-ethyl adjacent to an activating group) is 1. The first-order chi connectivity index (χ1) is 11.0. The van der Waals surface area contributed by atoms with Gasteiger partial charge < -0.3 is 20.1 Å². The van der Waals surface area contributed by atoms with Crippen molar-refractivity contribution >= 4 is 11.8 Å². The van der Waals surface area contributed by atoms with Gasteiger partial charge in [-0.15, -0.1) is 0 Å². The van der Waals surface area contributed by atoms with Crippen molar-refractivity contribution in [1.29, 1.82) is 0 Å². The monoisotopic (exact) mass is 321 g/mol. The van der Waals surface area contributed by atoms with Gasteiger partial charge in [0.15, 0.2) is 0 Å². The van der Waals surface area contributed by atoms with Crippen molar-refractivity contribution in [3.8, 4) is 5.75 Å². The molecular weight excluding hydrogens is 298 g/mol. The van der Waals surface area contributed by atoms with Gasteiger partial charge in [-0.1, -0.05) is 0 Å². The molecule has 1 aliphatic rings. The Balaban J connectivity index is 1.94. The topological polar surface area (TPSA) is 85.1 Å². The first kappa shape index (κ1) is 17.2. The summed E-state index contributed by atoms with van der Waals surface area (Å²) in [6.07, 6.45) is -0.129. The van der Waals surface area contributed by atoms with Crippen molar-refractivity contribution in [2.45, 2.75) is 6.10 Å². The molecular formula is C16H23N3O4. The largest absolute Gasteiger partial charge is 0.497 e. The summed E-state index contributed by atoms with van der Waals surface area (Å²) in [5.74, 6) is 0.308. The van der Waals surface area contributed by atoms with Gasteiger partial charge in [0, 0.05) is 25.2 Å². The summed E-state index contributed by atoms with van der Waals surface area (Å²) in [5, 5.41) is 0. The third-order valence-corrected chi connectivity index (χ3v) is 3.70. The molecule has 2 rings (SSSR count). The molecule has 2 N–H and O–H groups in total. The highest BCUT2D eigenvalue weighted by atomic mass is 16.5.